The molecule has 0 aromatic carbocycles. The van der Waals surface area contributed by atoms with Crippen molar-refractivity contribution >= 4 is 23.2 Å². The normalized spacial score (nSPS) is 11.5. The Hall–Kier alpha value is -1.84. The molecule has 1 rings (SSSR count). The minimum atomic E-state index is -0.611. The molecule has 0 spiro atoms. The van der Waals surface area contributed by atoms with E-state index in [2.05, 4.69) is 22.5 Å². The lowest BCUT2D eigenvalue weighted by Crippen LogP contribution is -2.46. The van der Waals surface area contributed by atoms with Crippen molar-refractivity contribution in [3.63, 3.8) is 0 Å². The molecule has 1 atom stereocenters. The molecule has 5 nitrogen and oxygen atoms in total. The predicted molar refractivity (Wildman–Crippen MR) is 83.1 cm³/mol. The highest BCUT2D eigenvalue weighted by atomic mass is 32.1. The zero-order valence-electron chi connectivity index (χ0n) is 12.4. The van der Waals surface area contributed by atoms with Gasteiger partial charge in [-0.25, -0.2) is 0 Å². The van der Waals surface area contributed by atoms with Crippen molar-refractivity contribution in [1.29, 1.82) is 0 Å². The summed E-state index contributed by atoms with van der Waals surface area (Å²) in [6.45, 7) is 5.35. The quantitative estimate of drug-likeness (QED) is 0.713. The second-order valence-electron chi connectivity index (χ2n) is 4.80. The molecule has 0 radical (unpaired) electrons. The van der Waals surface area contributed by atoms with Gasteiger partial charge in [-0.1, -0.05) is 11.8 Å². The van der Waals surface area contributed by atoms with E-state index in [1.165, 1.54) is 11.3 Å². The molecule has 21 heavy (non-hydrogen) atoms. The number of hydrogen-bond donors (Lipinski definition) is 3. The number of hydrogen-bond acceptors (Lipinski definition) is 4. The molecule has 1 unspecified atom stereocenters. The van der Waals surface area contributed by atoms with Crippen LogP contribution < -0.4 is 10.6 Å². The third kappa shape index (κ3) is 5.58. The van der Waals surface area contributed by atoms with Crippen LogP contribution in [-0.2, 0) is 4.79 Å². The zero-order chi connectivity index (χ0) is 15.8. The van der Waals surface area contributed by atoms with Crippen molar-refractivity contribution in [3.8, 4) is 11.8 Å². The smallest absolute Gasteiger partial charge is 0.263 e. The summed E-state index contributed by atoms with van der Waals surface area (Å²) < 4.78 is 0. The van der Waals surface area contributed by atoms with Crippen molar-refractivity contribution in [1.82, 2.24) is 10.6 Å². The predicted octanol–water partition coefficient (Wildman–Crippen LogP) is 1.12. The molecule has 2 amide bonds. The van der Waals surface area contributed by atoms with E-state index in [-0.39, 0.29) is 24.5 Å². The second kappa shape index (κ2) is 8.45. The van der Waals surface area contributed by atoms with Gasteiger partial charge in [0, 0.05) is 18.0 Å². The third-order valence-corrected chi connectivity index (χ3v) is 3.42. The maximum Gasteiger partial charge on any atom is 0.263 e. The monoisotopic (exact) mass is 308 g/mol. The summed E-state index contributed by atoms with van der Waals surface area (Å²) in [5, 5.41) is 15.9. The van der Waals surface area contributed by atoms with Crippen LogP contribution in [0.4, 0.5) is 0 Å². The molecule has 1 aromatic heterocycles. The molecule has 0 fully saturated rings. The summed E-state index contributed by atoms with van der Waals surface area (Å²) in [6.07, 6.45) is 0.365. The molecule has 0 bridgehead atoms. The summed E-state index contributed by atoms with van der Waals surface area (Å²) in [5.74, 6) is 5.10. The van der Waals surface area contributed by atoms with Gasteiger partial charge >= 0.3 is 0 Å². The molecule has 1 heterocycles. The summed E-state index contributed by atoms with van der Waals surface area (Å²) in [4.78, 5) is 24.4. The maximum atomic E-state index is 12.2. The van der Waals surface area contributed by atoms with Gasteiger partial charge in [-0.05, 0) is 32.2 Å². The van der Waals surface area contributed by atoms with Crippen molar-refractivity contribution in [2.75, 3.05) is 6.61 Å². The highest BCUT2D eigenvalue weighted by Crippen LogP contribution is 2.15. The first-order chi connectivity index (χ1) is 9.95. The Morgan fingerprint density at radius 1 is 1.33 bits per heavy atom. The minimum absolute atomic E-state index is 0.00885. The molecular formula is C15H20N2O3S. The van der Waals surface area contributed by atoms with Crippen LogP contribution >= 0.6 is 11.3 Å². The van der Waals surface area contributed by atoms with Crippen LogP contribution in [0.15, 0.2) is 11.4 Å². The fourth-order valence-electron chi connectivity index (χ4n) is 1.53. The first-order valence-electron chi connectivity index (χ1n) is 6.74. The lowest BCUT2D eigenvalue weighted by molar-refractivity contribution is -0.123. The van der Waals surface area contributed by atoms with Crippen LogP contribution in [0.3, 0.4) is 0 Å². The summed E-state index contributed by atoms with van der Waals surface area (Å²) in [7, 11) is 0. The lowest BCUT2D eigenvalue weighted by Gasteiger charge is -2.15. The first kappa shape index (κ1) is 17.2. The Labute approximate surface area is 128 Å². The molecule has 114 valence electrons. The van der Waals surface area contributed by atoms with E-state index < -0.39 is 6.04 Å². The van der Waals surface area contributed by atoms with Gasteiger partial charge < -0.3 is 15.7 Å². The van der Waals surface area contributed by atoms with Crippen LogP contribution in [0.1, 0.15) is 42.4 Å². The van der Waals surface area contributed by atoms with Crippen LogP contribution in [-0.4, -0.2) is 35.6 Å². The third-order valence-electron chi connectivity index (χ3n) is 2.50. The van der Waals surface area contributed by atoms with Crippen molar-refractivity contribution in [2.45, 2.75) is 39.3 Å². The maximum absolute atomic E-state index is 12.2. The van der Waals surface area contributed by atoms with Crippen molar-refractivity contribution in [2.24, 2.45) is 0 Å². The molecule has 3 N–H and O–H groups in total. The molecular weight excluding hydrogens is 288 g/mol. The Morgan fingerprint density at radius 3 is 2.67 bits per heavy atom. The minimum Gasteiger partial charge on any atom is -0.395 e. The average molecular weight is 308 g/mol. The fraction of sp³-hybridized carbons (Fsp3) is 0.467. The number of nitrogens with one attached hydrogen (secondary N) is 2. The zero-order valence-corrected chi connectivity index (χ0v) is 13.2. The van der Waals surface area contributed by atoms with E-state index in [1.807, 2.05) is 13.8 Å². The Bertz CT molecular complexity index is 555. The first-order valence-corrected chi connectivity index (χ1v) is 7.62. The van der Waals surface area contributed by atoms with Gasteiger partial charge in [-0.3, -0.25) is 9.59 Å². The summed E-state index contributed by atoms with van der Waals surface area (Å²) in [5.41, 5.74) is 0.613. The van der Waals surface area contributed by atoms with E-state index >= 15 is 0 Å². The molecule has 0 aliphatic heterocycles. The Morgan fingerprint density at radius 2 is 2.05 bits per heavy atom. The molecule has 0 saturated carbocycles. The van der Waals surface area contributed by atoms with E-state index in [1.54, 1.807) is 18.4 Å². The van der Waals surface area contributed by atoms with Crippen molar-refractivity contribution in [3.05, 3.63) is 21.9 Å². The summed E-state index contributed by atoms with van der Waals surface area (Å²) in [6, 6.07) is 1.17. The standard InChI is InChI=1S/C15H20N2O3S/c1-10(2)16-14(19)11(3)17-15(20)13-12(7-9-21-13)6-4-5-8-18/h7,9-11,18H,5,8H2,1-3H3,(H,16,19)(H,17,20). The average Bonchev–Trinajstić information content (AvgIpc) is 2.86. The van der Waals surface area contributed by atoms with Gasteiger partial charge in [-0.15, -0.1) is 11.3 Å². The highest BCUT2D eigenvalue weighted by molar-refractivity contribution is 7.12. The number of aliphatic hydroxyl groups is 1. The van der Waals surface area contributed by atoms with Gasteiger partial charge in [-0.2, -0.15) is 0 Å². The number of rotatable bonds is 5. The van der Waals surface area contributed by atoms with Crippen LogP contribution in [0.25, 0.3) is 0 Å². The van der Waals surface area contributed by atoms with Gasteiger partial charge in [0.05, 0.1) is 6.61 Å². The molecule has 0 aliphatic rings. The number of amides is 2. The fourth-order valence-corrected chi connectivity index (χ4v) is 2.29. The number of carbonyl (C=O) groups excluding carboxylic acids is 2. The molecule has 0 saturated heterocycles. The van der Waals surface area contributed by atoms with Gasteiger partial charge in [0.1, 0.15) is 10.9 Å². The molecule has 0 aliphatic carbocycles. The molecule has 6 heteroatoms. The number of aliphatic hydroxyl groups excluding tert-OH is 1. The van der Waals surface area contributed by atoms with Crippen LogP contribution in [0.2, 0.25) is 0 Å². The Balaban J connectivity index is 2.71. The SMILES string of the molecule is CC(C)NC(=O)C(C)NC(=O)c1sccc1C#CCCO. The second-order valence-corrected chi connectivity index (χ2v) is 5.71. The highest BCUT2D eigenvalue weighted by Gasteiger charge is 2.19. The molecule has 1 aromatic rings. The van der Waals surface area contributed by atoms with Crippen LogP contribution in [0, 0.1) is 11.8 Å². The van der Waals surface area contributed by atoms with E-state index in [0.29, 0.717) is 16.9 Å². The van der Waals surface area contributed by atoms with E-state index in [0.717, 1.165) is 0 Å². The van der Waals surface area contributed by atoms with Crippen molar-refractivity contribution < 1.29 is 14.7 Å². The number of thiophene rings is 1. The topological polar surface area (TPSA) is 78.4 Å². The lowest BCUT2D eigenvalue weighted by atomic mass is 10.2. The largest absolute Gasteiger partial charge is 0.395 e. The Kier molecular flexibility index (Phi) is 6.92. The summed E-state index contributed by atoms with van der Waals surface area (Å²) >= 11 is 1.27. The van der Waals surface area contributed by atoms with Gasteiger partial charge in [0.2, 0.25) is 5.91 Å². The van der Waals surface area contributed by atoms with Gasteiger partial charge in [0.15, 0.2) is 0 Å². The van der Waals surface area contributed by atoms with E-state index in [9.17, 15) is 9.59 Å². The van der Waals surface area contributed by atoms with Crippen LogP contribution in [0.5, 0.6) is 0 Å². The van der Waals surface area contributed by atoms with E-state index in [4.69, 9.17) is 5.11 Å². The number of carbonyl (C=O) groups is 2. The van der Waals surface area contributed by atoms with Gasteiger partial charge in [0.25, 0.3) is 5.91 Å².